The van der Waals surface area contributed by atoms with Crippen molar-refractivity contribution in [2.45, 2.75) is 13.2 Å². The summed E-state index contributed by atoms with van der Waals surface area (Å²) in [6, 6.07) is 0. The molecule has 1 atom stereocenters. The van der Waals surface area contributed by atoms with Gasteiger partial charge in [0.15, 0.2) is 6.29 Å². The summed E-state index contributed by atoms with van der Waals surface area (Å²) in [7, 11) is 0. The van der Waals surface area contributed by atoms with E-state index in [9.17, 15) is 0 Å². The van der Waals surface area contributed by atoms with Crippen LogP contribution in [0.5, 0.6) is 0 Å². The average molecular weight is 209 g/mol. The van der Waals surface area contributed by atoms with Gasteiger partial charge in [-0.05, 0) is 6.92 Å². The van der Waals surface area contributed by atoms with Crippen molar-refractivity contribution in [1.82, 2.24) is 0 Å². The lowest BCUT2D eigenvalue weighted by molar-refractivity contribution is -0.114. The van der Waals surface area contributed by atoms with Crippen molar-refractivity contribution in [3.8, 4) is 0 Å². The molecule has 0 N–H and O–H groups in total. The van der Waals surface area contributed by atoms with E-state index in [4.69, 9.17) is 9.47 Å². The quantitative estimate of drug-likeness (QED) is 0.378. The van der Waals surface area contributed by atoms with Gasteiger partial charge in [0, 0.05) is 6.61 Å². The van der Waals surface area contributed by atoms with Crippen LogP contribution in [-0.2, 0) is 9.47 Å². The van der Waals surface area contributed by atoms with Crippen LogP contribution in [0.15, 0.2) is 12.7 Å². The third-order valence-corrected chi connectivity index (χ3v) is 1.41. The van der Waals surface area contributed by atoms with Gasteiger partial charge in [-0.1, -0.05) is 22.0 Å². The predicted octanol–water partition coefficient (Wildman–Crippen LogP) is 1.95. The molecule has 0 rings (SSSR count). The zero-order valence-electron chi connectivity index (χ0n) is 6.18. The normalized spacial score (nSPS) is 13.0. The van der Waals surface area contributed by atoms with Gasteiger partial charge in [0.25, 0.3) is 0 Å². The van der Waals surface area contributed by atoms with Gasteiger partial charge in [-0.25, -0.2) is 0 Å². The number of rotatable bonds is 6. The number of hydrogen-bond donors (Lipinski definition) is 0. The maximum absolute atomic E-state index is 5.19. The van der Waals surface area contributed by atoms with E-state index in [0.717, 1.165) is 0 Å². The van der Waals surface area contributed by atoms with Crippen LogP contribution in [-0.4, -0.2) is 24.8 Å². The van der Waals surface area contributed by atoms with E-state index in [1.807, 2.05) is 6.92 Å². The van der Waals surface area contributed by atoms with Gasteiger partial charge in [-0.2, -0.15) is 0 Å². The Morgan fingerprint density at radius 3 is 2.70 bits per heavy atom. The zero-order chi connectivity index (χ0) is 7.82. The molecule has 0 radical (unpaired) electrons. The van der Waals surface area contributed by atoms with E-state index in [2.05, 4.69) is 22.5 Å². The fourth-order valence-corrected chi connectivity index (χ4v) is 0.872. The Morgan fingerprint density at radius 2 is 2.30 bits per heavy atom. The molecule has 0 bridgehead atoms. The third-order valence-electron chi connectivity index (χ3n) is 0.879. The number of halogens is 1. The molecule has 0 heterocycles. The molecular formula is C7H13BrO2. The summed E-state index contributed by atoms with van der Waals surface area (Å²) in [5, 5.41) is 0.703. The Balaban J connectivity index is 3.29. The number of alkyl halides is 1. The standard InChI is InChI=1S/C7H13BrO2/c1-3-5-10-7(6-8)9-4-2/h3,7H,1,4-6H2,2H3/t7-/m1/s1. The third kappa shape index (κ3) is 4.97. The maximum Gasteiger partial charge on any atom is 0.167 e. The highest BCUT2D eigenvalue weighted by atomic mass is 79.9. The molecule has 3 heteroatoms. The van der Waals surface area contributed by atoms with E-state index in [1.54, 1.807) is 6.08 Å². The molecule has 0 aromatic carbocycles. The highest BCUT2D eigenvalue weighted by molar-refractivity contribution is 9.09. The van der Waals surface area contributed by atoms with Crippen molar-refractivity contribution in [3.05, 3.63) is 12.7 Å². The summed E-state index contributed by atoms with van der Waals surface area (Å²) in [5.74, 6) is 0. The Hall–Kier alpha value is 0.140. The molecular weight excluding hydrogens is 196 g/mol. The van der Waals surface area contributed by atoms with Gasteiger partial charge in [-0.15, -0.1) is 6.58 Å². The summed E-state index contributed by atoms with van der Waals surface area (Å²) in [6.45, 7) is 6.68. The van der Waals surface area contributed by atoms with E-state index >= 15 is 0 Å². The first kappa shape index (κ1) is 10.1. The van der Waals surface area contributed by atoms with E-state index in [0.29, 0.717) is 18.5 Å². The topological polar surface area (TPSA) is 18.5 Å². The molecule has 2 nitrogen and oxygen atoms in total. The van der Waals surface area contributed by atoms with Crippen molar-refractivity contribution in [2.75, 3.05) is 18.5 Å². The SMILES string of the molecule is C=CCO[C@H](CBr)OCC. The second-order valence-electron chi connectivity index (χ2n) is 1.66. The molecule has 0 aliphatic carbocycles. The Bertz CT molecular complexity index is 85.7. The van der Waals surface area contributed by atoms with E-state index < -0.39 is 0 Å². The van der Waals surface area contributed by atoms with E-state index in [1.165, 1.54) is 0 Å². The van der Waals surface area contributed by atoms with Crippen molar-refractivity contribution in [2.24, 2.45) is 0 Å². The van der Waals surface area contributed by atoms with Gasteiger partial charge in [-0.3, -0.25) is 0 Å². The second kappa shape index (κ2) is 7.25. The van der Waals surface area contributed by atoms with E-state index in [-0.39, 0.29) is 6.29 Å². The molecule has 0 saturated heterocycles. The minimum Gasteiger partial charge on any atom is -0.352 e. The monoisotopic (exact) mass is 208 g/mol. The van der Waals surface area contributed by atoms with Gasteiger partial charge in [0.1, 0.15) is 0 Å². The molecule has 0 aromatic rings. The van der Waals surface area contributed by atoms with Crippen LogP contribution < -0.4 is 0 Å². The van der Waals surface area contributed by atoms with Gasteiger partial charge >= 0.3 is 0 Å². The molecule has 10 heavy (non-hydrogen) atoms. The van der Waals surface area contributed by atoms with Gasteiger partial charge in [0.2, 0.25) is 0 Å². The molecule has 0 saturated carbocycles. The highest BCUT2D eigenvalue weighted by Crippen LogP contribution is 1.98. The molecule has 60 valence electrons. The smallest absolute Gasteiger partial charge is 0.167 e. The van der Waals surface area contributed by atoms with Crippen LogP contribution in [0.25, 0.3) is 0 Å². The molecule has 0 aliphatic heterocycles. The van der Waals surface area contributed by atoms with Crippen molar-refractivity contribution < 1.29 is 9.47 Å². The van der Waals surface area contributed by atoms with Gasteiger partial charge < -0.3 is 9.47 Å². The fraction of sp³-hybridized carbons (Fsp3) is 0.714. The molecule has 0 fully saturated rings. The molecule has 0 unspecified atom stereocenters. The Morgan fingerprint density at radius 1 is 1.60 bits per heavy atom. The summed E-state index contributed by atoms with van der Waals surface area (Å²) in [4.78, 5) is 0. The minimum absolute atomic E-state index is 0.136. The van der Waals surface area contributed by atoms with Crippen LogP contribution in [0.4, 0.5) is 0 Å². The largest absolute Gasteiger partial charge is 0.352 e. The number of ether oxygens (including phenoxy) is 2. The fourth-order valence-electron chi connectivity index (χ4n) is 0.498. The van der Waals surface area contributed by atoms with Crippen molar-refractivity contribution in [3.63, 3.8) is 0 Å². The number of hydrogen-bond acceptors (Lipinski definition) is 2. The maximum atomic E-state index is 5.19. The lowest BCUT2D eigenvalue weighted by Gasteiger charge is -2.12. The van der Waals surface area contributed by atoms with Crippen molar-refractivity contribution in [1.29, 1.82) is 0 Å². The highest BCUT2D eigenvalue weighted by Gasteiger charge is 2.03. The predicted molar refractivity (Wildman–Crippen MR) is 45.4 cm³/mol. The zero-order valence-corrected chi connectivity index (χ0v) is 7.76. The first-order chi connectivity index (χ1) is 4.85. The lowest BCUT2D eigenvalue weighted by Crippen LogP contribution is -2.18. The first-order valence-corrected chi connectivity index (χ1v) is 4.37. The summed E-state index contributed by atoms with van der Waals surface area (Å²) < 4.78 is 10.4. The van der Waals surface area contributed by atoms with Crippen LogP contribution >= 0.6 is 15.9 Å². The average Bonchev–Trinajstić information content (AvgIpc) is 1.98. The van der Waals surface area contributed by atoms with Crippen LogP contribution in [0, 0.1) is 0 Å². The molecule has 0 spiro atoms. The minimum atomic E-state index is -0.136. The van der Waals surface area contributed by atoms with Crippen LogP contribution in [0.3, 0.4) is 0 Å². The summed E-state index contributed by atoms with van der Waals surface area (Å²) in [5.41, 5.74) is 0. The van der Waals surface area contributed by atoms with Crippen LogP contribution in [0.1, 0.15) is 6.92 Å². The first-order valence-electron chi connectivity index (χ1n) is 3.25. The van der Waals surface area contributed by atoms with Crippen molar-refractivity contribution >= 4 is 15.9 Å². The van der Waals surface area contributed by atoms with Crippen LogP contribution in [0.2, 0.25) is 0 Å². The lowest BCUT2D eigenvalue weighted by atomic mass is 10.6. The molecule has 0 aromatic heterocycles. The Kier molecular flexibility index (Phi) is 7.35. The second-order valence-corrected chi connectivity index (χ2v) is 2.31. The van der Waals surface area contributed by atoms with Gasteiger partial charge in [0.05, 0.1) is 11.9 Å². The Labute approximate surface area is 70.3 Å². The molecule has 0 amide bonds. The summed E-state index contributed by atoms with van der Waals surface area (Å²) in [6.07, 6.45) is 1.57. The summed E-state index contributed by atoms with van der Waals surface area (Å²) >= 11 is 3.26. The molecule has 0 aliphatic rings.